The van der Waals surface area contributed by atoms with Crippen molar-refractivity contribution in [3.05, 3.63) is 0 Å². The van der Waals surface area contributed by atoms with E-state index in [2.05, 4.69) is 21.3 Å². The molecule has 0 spiro atoms. The second-order valence-corrected chi connectivity index (χ2v) is 3.52. The fourth-order valence-electron chi connectivity index (χ4n) is 1.11. The number of rotatable bonds is 3. The van der Waals surface area contributed by atoms with E-state index in [1.54, 1.807) is 0 Å². The average molecular weight is 214 g/mol. The first-order valence-electron chi connectivity index (χ1n) is 4.64. The molecule has 0 bridgehead atoms. The van der Waals surface area contributed by atoms with Crippen LogP contribution >= 0.6 is 0 Å². The predicted molar refractivity (Wildman–Crippen MR) is 52.1 cm³/mol. The van der Waals surface area contributed by atoms with E-state index in [9.17, 15) is 14.4 Å². The quantitative estimate of drug-likeness (QED) is 0.449. The first-order chi connectivity index (χ1) is 6.99. The van der Waals surface area contributed by atoms with Crippen LogP contribution in [0, 0.1) is 0 Å². The summed E-state index contributed by atoms with van der Waals surface area (Å²) in [7, 11) is 0. The highest BCUT2D eigenvalue weighted by Gasteiger charge is 2.29. The van der Waals surface area contributed by atoms with E-state index >= 15 is 0 Å². The number of urea groups is 2. The van der Waals surface area contributed by atoms with E-state index in [1.165, 1.54) is 0 Å². The van der Waals surface area contributed by atoms with Crippen LogP contribution in [-0.2, 0) is 4.79 Å². The summed E-state index contributed by atoms with van der Waals surface area (Å²) in [6.45, 7) is 3.73. The Kier molecular flexibility index (Phi) is 3.48. The van der Waals surface area contributed by atoms with Crippen molar-refractivity contribution in [3.8, 4) is 0 Å². The van der Waals surface area contributed by atoms with Crippen LogP contribution < -0.4 is 21.3 Å². The monoisotopic (exact) mass is 214 g/mol. The topological polar surface area (TPSA) is 99.3 Å². The molecule has 1 saturated heterocycles. The average Bonchev–Trinajstić information content (AvgIpc) is 2.40. The zero-order valence-electron chi connectivity index (χ0n) is 8.59. The van der Waals surface area contributed by atoms with Gasteiger partial charge in [-0.25, -0.2) is 9.59 Å². The van der Waals surface area contributed by atoms with E-state index in [0.717, 1.165) is 0 Å². The van der Waals surface area contributed by atoms with Gasteiger partial charge in [0.15, 0.2) is 0 Å². The summed E-state index contributed by atoms with van der Waals surface area (Å²) in [5.74, 6) is -0.426. The van der Waals surface area contributed by atoms with Crippen molar-refractivity contribution < 1.29 is 14.4 Å². The molecule has 5 amide bonds. The molecule has 84 valence electrons. The highest BCUT2D eigenvalue weighted by atomic mass is 16.2. The molecule has 0 saturated carbocycles. The van der Waals surface area contributed by atoms with E-state index < -0.39 is 18.0 Å². The highest BCUT2D eigenvalue weighted by Crippen LogP contribution is 1.90. The molecular weight excluding hydrogens is 200 g/mol. The van der Waals surface area contributed by atoms with E-state index in [0.29, 0.717) is 0 Å². The Bertz CT molecular complexity index is 290. The lowest BCUT2D eigenvalue weighted by Gasteiger charge is -2.12. The molecule has 4 N–H and O–H groups in total. The van der Waals surface area contributed by atoms with Gasteiger partial charge in [-0.1, -0.05) is 0 Å². The highest BCUT2D eigenvalue weighted by molar-refractivity contribution is 6.04. The number of carbonyl (C=O) groups is 3. The molecule has 7 nitrogen and oxygen atoms in total. The Morgan fingerprint density at radius 1 is 1.47 bits per heavy atom. The van der Waals surface area contributed by atoms with Gasteiger partial charge in [0.1, 0.15) is 6.04 Å². The summed E-state index contributed by atoms with van der Waals surface area (Å²) in [4.78, 5) is 32.9. The lowest BCUT2D eigenvalue weighted by atomic mass is 10.3. The number of hydrogen-bond donors (Lipinski definition) is 4. The summed E-state index contributed by atoms with van der Waals surface area (Å²) in [5.41, 5.74) is 0. The number of carbonyl (C=O) groups excluding carboxylic acids is 3. The molecule has 1 atom stereocenters. The number of nitrogens with one attached hydrogen (secondary N) is 4. The van der Waals surface area contributed by atoms with Gasteiger partial charge in [-0.2, -0.15) is 0 Å². The molecule has 1 aliphatic rings. The van der Waals surface area contributed by atoms with Crippen molar-refractivity contribution in [1.82, 2.24) is 21.3 Å². The third-order valence-electron chi connectivity index (χ3n) is 1.75. The Morgan fingerprint density at radius 2 is 2.13 bits per heavy atom. The van der Waals surface area contributed by atoms with Gasteiger partial charge in [-0.15, -0.1) is 0 Å². The van der Waals surface area contributed by atoms with Crippen LogP contribution in [-0.4, -0.2) is 36.6 Å². The second-order valence-electron chi connectivity index (χ2n) is 3.52. The molecule has 0 aromatic carbocycles. The van der Waals surface area contributed by atoms with Crippen molar-refractivity contribution in [1.29, 1.82) is 0 Å². The summed E-state index contributed by atoms with van der Waals surface area (Å²) in [6, 6.07) is -1.55. The van der Waals surface area contributed by atoms with Crippen LogP contribution in [0.5, 0.6) is 0 Å². The molecule has 0 aromatic heterocycles. The smallest absolute Gasteiger partial charge is 0.322 e. The van der Waals surface area contributed by atoms with Crippen molar-refractivity contribution in [2.75, 3.05) is 6.54 Å². The van der Waals surface area contributed by atoms with Crippen LogP contribution in [0.2, 0.25) is 0 Å². The lowest BCUT2D eigenvalue weighted by Crippen LogP contribution is -2.46. The third-order valence-corrected chi connectivity index (χ3v) is 1.75. The maximum atomic E-state index is 11.1. The van der Waals surface area contributed by atoms with E-state index in [1.807, 2.05) is 13.8 Å². The molecule has 0 radical (unpaired) electrons. The maximum absolute atomic E-state index is 11.1. The fraction of sp³-hybridized carbons (Fsp3) is 0.625. The summed E-state index contributed by atoms with van der Waals surface area (Å²) in [5, 5.41) is 9.52. The molecule has 0 aromatic rings. The van der Waals surface area contributed by atoms with Crippen molar-refractivity contribution >= 4 is 18.0 Å². The van der Waals surface area contributed by atoms with Gasteiger partial charge < -0.3 is 16.0 Å². The van der Waals surface area contributed by atoms with Crippen LogP contribution in [0.3, 0.4) is 0 Å². The van der Waals surface area contributed by atoms with Gasteiger partial charge >= 0.3 is 12.1 Å². The van der Waals surface area contributed by atoms with Crippen molar-refractivity contribution in [3.63, 3.8) is 0 Å². The molecule has 0 aliphatic carbocycles. The van der Waals surface area contributed by atoms with Gasteiger partial charge in [0.25, 0.3) is 5.91 Å². The summed E-state index contributed by atoms with van der Waals surface area (Å²) >= 11 is 0. The van der Waals surface area contributed by atoms with E-state index in [4.69, 9.17) is 0 Å². The minimum absolute atomic E-state index is 0.0250. The number of imide groups is 1. The first-order valence-corrected chi connectivity index (χ1v) is 4.64. The Balaban J connectivity index is 2.28. The number of amides is 5. The van der Waals surface area contributed by atoms with Gasteiger partial charge in [0.2, 0.25) is 0 Å². The van der Waals surface area contributed by atoms with Crippen molar-refractivity contribution in [2.24, 2.45) is 0 Å². The maximum Gasteiger partial charge on any atom is 0.322 e. The molecule has 1 fully saturated rings. The molecule has 7 heteroatoms. The molecule has 1 heterocycles. The Morgan fingerprint density at radius 3 is 2.60 bits per heavy atom. The molecule has 1 rings (SSSR count). The van der Waals surface area contributed by atoms with Gasteiger partial charge in [-0.3, -0.25) is 10.1 Å². The van der Waals surface area contributed by atoms with Gasteiger partial charge in [-0.05, 0) is 13.8 Å². The largest absolute Gasteiger partial charge is 0.336 e. The Hall–Kier alpha value is -1.79. The first kappa shape index (κ1) is 11.3. The van der Waals surface area contributed by atoms with Crippen LogP contribution in [0.1, 0.15) is 13.8 Å². The molecule has 1 unspecified atom stereocenters. The second kappa shape index (κ2) is 4.63. The minimum atomic E-state index is -0.685. The van der Waals surface area contributed by atoms with Crippen LogP contribution in [0.4, 0.5) is 9.59 Å². The van der Waals surface area contributed by atoms with Crippen molar-refractivity contribution in [2.45, 2.75) is 25.9 Å². The fourth-order valence-corrected chi connectivity index (χ4v) is 1.11. The SMILES string of the molecule is CC(C)NC(=O)NCC1NC(=O)NC1=O. The van der Waals surface area contributed by atoms with Gasteiger partial charge in [0, 0.05) is 12.6 Å². The zero-order chi connectivity index (χ0) is 11.4. The van der Waals surface area contributed by atoms with Crippen LogP contribution in [0.15, 0.2) is 0 Å². The standard InChI is InChI=1S/C8H14N4O3/c1-4(2)10-7(14)9-3-5-6(13)12-8(15)11-5/h4-5H,3H2,1-2H3,(H2,9,10,14)(H2,11,12,13,15). The third kappa shape index (κ3) is 3.45. The molecule has 15 heavy (non-hydrogen) atoms. The minimum Gasteiger partial charge on any atom is -0.336 e. The van der Waals surface area contributed by atoms with E-state index in [-0.39, 0.29) is 18.6 Å². The summed E-state index contributed by atoms with van der Waals surface area (Å²) < 4.78 is 0. The predicted octanol–water partition coefficient (Wildman–Crippen LogP) is -1.10. The lowest BCUT2D eigenvalue weighted by molar-refractivity contribution is -0.120. The Labute approximate surface area is 87.0 Å². The summed E-state index contributed by atoms with van der Waals surface area (Å²) in [6.07, 6.45) is 0. The van der Waals surface area contributed by atoms with Gasteiger partial charge in [0.05, 0.1) is 0 Å². The normalized spacial score (nSPS) is 19.8. The molecule has 1 aliphatic heterocycles. The number of hydrogen-bond acceptors (Lipinski definition) is 3. The van der Waals surface area contributed by atoms with Crippen LogP contribution in [0.25, 0.3) is 0 Å². The molecular formula is C8H14N4O3. The zero-order valence-corrected chi connectivity index (χ0v) is 8.59.